The Kier molecular flexibility index (Phi) is 9.77. The van der Waals surface area contributed by atoms with Crippen LogP contribution in [0.2, 0.25) is 5.02 Å². The summed E-state index contributed by atoms with van der Waals surface area (Å²) in [7, 11) is 0. The topological polar surface area (TPSA) is 120 Å². The molecule has 0 radical (unpaired) electrons. The molecule has 3 N–H and O–H groups in total. The zero-order chi connectivity index (χ0) is 29.8. The molecule has 0 unspecified atom stereocenters. The van der Waals surface area contributed by atoms with E-state index in [1.807, 2.05) is 13.0 Å². The highest BCUT2D eigenvalue weighted by Crippen LogP contribution is 2.32. The average Bonchev–Trinajstić information content (AvgIpc) is 2.85. The van der Waals surface area contributed by atoms with Gasteiger partial charge in [-0.05, 0) is 66.9 Å². The minimum Gasteiger partial charge on any atom is -0.475 e. The molecule has 1 saturated heterocycles. The summed E-state index contributed by atoms with van der Waals surface area (Å²) < 4.78 is 46.5. The van der Waals surface area contributed by atoms with E-state index in [1.165, 1.54) is 13.0 Å². The van der Waals surface area contributed by atoms with Crippen LogP contribution in [0.15, 0.2) is 34.9 Å². The molecule has 1 fully saturated rings. The van der Waals surface area contributed by atoms with Gasteiger partial charge in [-0.25, -0.2) is 14.2 Å². The third kappa shape index (κ3) is 8.13. The maximum atomic E-state index is 14.4. The molecule has 1 aliphatic rings. The number of aliphatic carboxylic acids is 1. The molecule has 40 heavy (non-hydrogen) atoms. The number of halogens is 6. The van der Waals surface area contributed by atoms with E-state index in [9.17, 15) is 22.4 Å². The second kappa shape index (κ2) is 12.5. The minimum absolute atomic E-state index is 0.0314. The van der Waals surface area contributed by atoms with Gasteiger partial charge in [0.15, 0.2) is 0 Å². The monoisotopic (exact) mass is 648 g/mol. The highest BCUT2D eigenvalue weighted by atomic mass is 79.9. The van der Waals surface area contributed by atoms with Crippen molar-refractivity contribution in [2.45, 2.75) is 51.4 Å². The number of carboxylic acid groups (broad SMARTS) is 1. The molecule has 1 amide bonds. The number of fused-ring (bicyclic) bond motifs is 1. The lowest BCUT2D eigenvalue weighted by Crippen LogP contribution is -2.53. The molecule has 9 nitrogen and oxygen atoms in total. The summed E-state index contributed by atoms with van der Waals surface area (Å²) in [5, 5.41) is 14.7. The van der Waals surface area contributed by atoms with Gasteiger partial charge in [-0.2, -0.15) is 18.2 Å². The number of nitrogens with zero attached hydrogens (tertiary/aromatic N) is 4. The van der Waals surface area contributed by atoms with Gasteiger partial charge in [0.2, 0.25) is 11.9 Å². The largest absolute Gasteiger partial charge is 0.490 e. The highest BCUT2D eigenvalue weighted by Gasteiger charge is 2.38. The molecule has 15 heteroatoms. The van der Waals surface area contributed by atoms with Gasteiger partial charge in [-0.3, -0.25) is 9.78 Å². The number of benzene rings is 1. The number of hydrogen-bond donors (Lipinski definition) is 3. The number of carbonyl (C=O) groups is 2. The summed E-state index contributed by atoms with van der Waals surface area (Å²) in [5.74, 6) is -2.09. The molecule has 2 aromatic heterocycles. The van der Waals surface area contributed by atoms with E-state index in [-0.39, 0.29) is 23.3 Å². The summed E-state index contributed by atoms with van der Waals surface area (Å²) in [4.78, 5) is 36.4. The Morgan fingerprint density at radius 3 is 2.35 bits per heavy atom. The number of aromatic nitrogens is 3. The van der Waals surface area contributed by atoms with Gasteiger partial charge in [0.1, 0.15) is 11.6 Å². The van der Waals surface area contributed by atoms with Crippen LogP contribution >= 0.6 is 27.5 Å². The number of pyridine rings is 1. The zero-order valence-corrected chi connectivity index (χ0v) is 24.0. The summed E-state index contributed by atoms with van der Waals surface area (Å²) in [6, 6.07) is 6.52. The van der Waals surface area contributed by atoms with E-state index in [0.29, 0.717) is 45.3 Å². The molecule has 3 heterocycles. The van der Waals surface area contributed by atoms with Crippen LogP contribution in [0.4, 0.5) is 29.3 Å². The third-order valence-electron chi connectivity index (χ3n) is 6.14. The molecular formula is C25H26BrClF4N6O3. The van der Waals surface area contributed by atoms with Crippen molar-refractivity contribution in [1.29, 1.82) is 0 Å². The van der Waals surface area contributed by atoms with Crippen LogP contribution in [0.5, 0.6) is 0 Å². The number of anilines is 2. The van der Waals surface area contributed by atoms with Gasteiger partial charge >= 0.3 is 12.1 Å². The number of carboxylic acids is 1. The molecule has 1 aliphatic heterocycles. The van der Waals surface area contributed by atoms with Gasteiger partial charge in [0, 0.05) is 37.1 Å². The molecule has 216 valence electrons. The van der Waals surface area contributed by atoms with E-state index in [2.05, 4.69) is 43.4 Å². The Morgan fingerprint density at radius 2 is 1.82 bits per heavy atom. The first-order chi connectivity index (χ1) is 18.6. The number of nitrogens with one attached hydrogen (secondary N) is 2. The molecule has 4 rings (SSSR count). The van der Waals surface area contributed by atoms with Crippen molar-refractivity contribution < 1.29 is 32.3 Å². The third-order valence-corrected chi connectivity index (χ3v) is 6.97. The molecule has 0 spiro atoms. The lowest BCUT2D eigenvalue weighted by atomic mass is 9.89. The Morgan fingerprint density at radius 1 is 1.20 bits per heavy atom. The smallest absolute Gasteiger partial charge is 0.475 e. The Hall–Kier alpha value is -3.26. The van der Waals surface area contributed by atoms with Crippen molar-refractivity contribution in [2.24, 2.45) is 0 Å². The van der Waals surface area contributed by atoms with E-state index in [1.54, 1.807) is 18.3 Å². The van der Waals surface area contributed by atoms with E-state index < -0.39 is 12.1 Å². The fourth-order valence-corrected chi connectivity index (χ4v) is 4.48. The van der Waals surface area contributed by atoms with Crippen molar-refractivity contribution >= 4 is 62.1 Å². The SMILES string of the molecule is CC(=O)NC1(C)CCN(c2nc(N[C@@H](C)c3ccc(Cl)cn3)c3cc(F)c(Br)cc3n2)CC1.O=C(O)C(F)(F)F. The van der Waals surface area contributed by atoms with E-state index in [4.69, 9.17) is 31.5 Å². The summed E-state index contributed by atoms with van der Waals surface area (Å²) in [5.41, 5.74) is 1.16. The number of amides is 1. The standard InChI is InChI=1S/C23H25BrClFN6O.C2HF3O2/c1-13(19-5-4-15(25)12-27-19)28-21-16-10-18(26)17(24)11-20(16)29-22(30-21)32-8-6-23(3,7-9-32)31-14(2)33;3-2(4,5)1(6)7/h4-5,10-13H,6-9H2,1-3H3,(H,31,33)(H,28,29,30);(H,6,7)/t13-;/m0./s1. The summed E-state index contributed by atoms with van der Waals surface area (Å²) >= 11 is 9.22. The van der Waals surface area contributed by atoms with Crippen LogP contribution in [0, 0.1) is 5.82 Å². The Labute approximate surface area is 240 Å². The molecule has 1 aromatic carbocycles. The van der Waals surface area contributed by atoms with Crippen LogP contribution in [0.1, 0.15) is 45.3 Å². The quantitative estimate of drug-likeness (QED) is 0.293. The first-order valence-electron chi connectivity index (χ1n) is 12.0. The van der Waals surface area contributed by atoms with Crippen molar-refractivity contribution in [3.8, 4) is 0 Å². The lowest BCUT2D eigenvalue weighted by molar-refractivity contribution is -0.192. The van der Waals surface area contributed by atoms with E-state index in [0.717, 1.165) is 18.5 Å². The number of piperidine rings is 1. The molecule has 0 saturated carbocycles. The first kappa shape index (κ1) is 31.3. The molecule has 1 atom stereocenters. The van der Waals surface area contributed by atoms with Crippen molar-refractivity contribution in [3.63, 3.8) is 0 Å². The molecule has 0 aliphatic carbocycles. The zero-order valence-electron chi connectivity index (χ0n) is 21.6. The maximum absolute atomic E-state index is 14.4. The van der Waals surface area contributed by atoms with Gasteiger partial charge < -0.3 is 20.6 Å². The average molecular weight is 650 g/mol. The number of alkyl halides is 3. The van der Waals surface area contributed by atoms with Gasteiger partial charge in [0.25, 0.3) is 0 Å². The van der Waals surface area contributed by atoms with Gasteiger partial charge in [0.05, 0.1) is 26.7 Å². The summed E-state index contributed by atoms with van der Waals surface area (Å²) in [6.45, 7) is 6.94. The van der Waals surface area contributed by atoms with Crippen LogP contribution in [0.3, 0.4) is 0 Å². The Bertz CT molecular complexity index is 1390. The predicted molar refractivity (Wildman–Crippen MR) is 146 cm³/mol. The van der Waals surface area contributed by atoms with Crippen LogP contribution in [-0.2, 0) is 9.59 Å². The second-order valence-corrected chi connectivity index (χ2v) is 10.7. The van der Waals surface area contributed by atoms with Gasteiger partial charge in [-0.1, -0.05) is 11.6 Å². The first-order valence-corrected chi connectivity index (χ1v) is 13.1. The van der Waals surface area contributed by atoms with Crippen LogP contribution in [0.25, 0.3) is 10.9 Å². The fourth-order valence-electron chi connectivity index (χ4n) is 4.04. The molecule has 3 aromatic rings. The molecular weight excluding hydrogens is 624 g/mol. The number of carbonyl (C=O) groups excluding carboxylic acids is 1. The van der Waals surface area contributed by atoms with Crippen molar-refractivity contribution in [3.05, 3.63) is 51.5 Å². The molecule has 0 bridgehead atoms. The Balaban J connectivity index is 0.000000559. The number of hydrogen-bond acceptors (Lipinski definition) is 7. The van der Waals surface area contributed by atoms with Crippen molar-refractivity contribution in [2.75, 3.05) is 23.3 Å². The fraction of sp³-hybridized carbons (Fsp3) is 0.400. The predicted octanol–water partition coefficient (Wildman–Crippen LogP) is 5.88. The van der Waals surface area contributed by atoms with E-state index >= 15 is 0 Å². The van der Waals surface area contributed by atoms with Gasteiger partial charge in [-0.15, -0.1) is 0 Å². The van der Waals surface area contributed by atoms with Crippen LogP contribution in [-0.4, -0.2) is 56.7 Å². The van der Waals surface area contributed by atoms with Crippen molar-refractivity contribution in [1.82, 2.24) is 20.3 Å². The second-order valence-electron chi connectivity index (χ2n) is 9.45. The summed E-state index contributed by atoms with van der Waals surface area (Å²) in [6.07, 6.45) is -1.95. The normalized spacial score (nSPS) is 15.6. The maximum Gasteiger partial charge on any atom is 0.490 e. The van der Waals surface area contributed by atoms with Crippen LogP contribution < -0.4 is 15.5 Å². The number of rotatable bonds is 5. The lowest BCUT2D eigenvalue weighted by Gasteiger charge is -2.39. The minimum atomic E-state index is -5.08. The highest BCUT2D eigenvalue weighted by molar-refractivity contribution is 9.10.